The number of aliphatic hydroxyl groups is 1. The van der Waals surface area contributed by atoms with Gasteiger partial charge in [-0.15, -0.1) is 0 Å². The first kappa shape index (κ1) is 11.7. The van der Waals surface area contributed by atoms with Gasteiger partial charge in [0.05, 0.1) is 12.6 Å². The Morgan fingerprint density at radius 2 is 1.94 bits per heavy atom. The van der Waals surface area contributed by atoms with Crippen LogP contribution < -0.4 is 0 Å². The van der Waals surface area contributed by atoms with Gasteiger partial charge in [0.15, 0.2) is 0 Å². The van der Waals surface area contributed by atoms with Crippen LogP contribution in [0.4, 0.5) is 4.79 Å². The third kappa shape index (κ3) is 2.17. The standard InChI is InChI=1S/C12H22N2O2/c1-10-5-8-14(11(10)9-15)12(16)13-6-3-2-4-7-13/h10-11,15H,2-9H2,1H3. The summed E-state index contributed by atoms with van der Waals surface area (Å²) in [5.41, 5.74) is 0. The first-order valence-electron chi connectivity index (χ1n) is 6.40. The maximum atomic E-state index is 12.3. The van der Waals surface area contributed by atoms with Crippen LogP contribution in [0.1, 0.15) is 32.6 Å². The third-order valence-electron chi connectivity index (χ3n) is 3.94. The van der Waals surface area contributed by atoms with Crippen LogP contribution in [0.25, 0.3) is 0 Å². The Bertz CT molecular complexity index is 251. The molecule has 16 heavy (non-hydrogen) atoms. The molecule has 4 nitrogen and oxygen atoms in total. The van der Waals surface area contributed by atoms with Gasteiger partial charge in [0.25, 0.3) is 0 Å². The van der Waals surface area contributed by atoms with Crippen molar-refractivity contribution in [3.8, 4) is 0 Å². The van der Waals surface area contributed by atoms with Crippen molar-refractivity contribution in [1.82, 2.24) is 9.80 Å². The Kier molecular flexibility index (Phi) is 3.69. The van der Waals surface area contributed by atoms with E-state index in [2.05, 4.69) is 6.92 Å². The molecule has 0 aliphatic carbocycles. The number of carbonyl (C=O) groups is 1. The van der Waals surface area contributed by atoms with Crippen molar-refractivity contribution in [2.75, 3.05) is 26.2 Å². The quantitative estimate of drug-likeness (QED) is 0.732. The number of aliphatic hydroxyl groups excluding tert-OH is 1. The molecule has 2 atom stereocenters. The second-order valence-corrected chi connectivity index (χ2v) is 5.04. The lowest BCUT2D eigenvalue weighted by Crippen LogP contribution is -2.49. The Morgan fingerprint density at radius 3 is 2.56 bits per heavy atom. The molecular weight excluding hydrogens is 204 g/mol. The van der Waals surface area contributed by atoms with E-state index in [0.29, 0.717) is 5.92 Å². The molecule has 2 fully saturated rings. The highest BCUT2D eigenvalue weighted by Crippen LogP contribution is 2.25. The maximum Gasteiger partial charge on any atom is 0.320 e. The van der Waals surface area contributed by atoms with Crippen molar-refractivity contribution in [1.29, 1.82) is 0 Å². The zero-order valence-electron chi connectivity index (χ0n) is 10.1. The van der Waals surface area contributed by atoms with E-state index >= 15 is 0 Å². The number of amides is 2. The van der Waals surface area contributed by atoms with E-state index in [4.69, 9.17) is 0 Å². The number of rotatable bonds is 1. The summed E-state index contributed by atoms with van der Waals surface area (Å²) in [6.07, 6.45) is 4.51. The normalized spacial score (nSPS) is 30.9. The van der Waals surface area contributed by atoms with Crippen LogP contribution in [0, 0.1) is 5.92 Å². The molecular formula is C12H22N2O2. The van der Waals surface area contributed by atoms with Gasteiger partial charge in [-0.3, -0.25) is 0 Å². The second-order valence-electron chi connectivity index (χ2n) is 5.04. The van der Waals surface area contributed by atoms with E-state index < -0.39 is 0 Å². The van der Waals surface area contributed by atoms with Gasteiger partial charge >= 0.3 is 6.03 Å². The molecule has 2 saturated heterocycles. The SMILES string of the molecule is CC1CCN(C(=O)N2CCCCC2)C1CO. The molecule has 0 radical (unpaired) electrons. The second kappa shape index (κ2) is 5.04. The summed E-state index contributed by atoms with van der Waals surface area (Å²) in [5, 5.41) is 9.34. The molecule has 2 heterocycles. The van der Waals surface area contributed by atoms with E-state index in [9.17, 15) is 9.90 Å². The average molecular weight is 226 g/mol. The van der Waals surface area contributed by atoms with Crippen molar-refractivity contribution >= 4 is 6.03 Å². The molecule has 0 spiro atoms. The van der Waals surface area contributed by atoms with Gasteiger partial charge in [0, 0.05) is 19.6 Å². The van der Waals surface area contributed by atoms with Crippen LogP contribution in [0.15, 0.2) is 0 Å². The molecule has 2 aliphatic rings. The van der Waals surface area contributed by atoms with Gasteiger partial charge in [0.1, 0.15) is 0 Å². The van der Waals surface area contributed by atoms with Crippen LogP contribution >= 0.6 is 0 Å². The molecule has 0 bridgehead atoms. The minimum absolute atomic E-state index is 0.0365. The lowest BCUT2D eigenvalue weighted by Gasteiger charge is -2.34. The summed E-state index contributed by atoms with van der Waals surface area (Å²) in [6.45, 7) is 4.80. The summed E-state index contributed by atoms with van der Waals surface area (Å²) in [7, 11) is 0. The van der Waals surface area contributed by atoms with Crippen molar-refractivity contribution in [2.24, 2.45) is 5.92 Å². The number of urea groups is 1. The van der Waals surface area contributed by atoms with Crippen molar-refractivity contribution in [3.63, 3.8) is 0 Å². The van der Waals surface area contributed by atoms with E-state index in [1.165, 1.54) is 6.42 Å². The highest BCUT2D eigenvalue weighted by Gasteiger charge is 2.36. The summed E-state index contributed by atoms with van der Waals surface area (Å²) in [4.78, 5) is 16.1. The first-order chi connectivity index (χ1) is 7.74. The summed E-state index contributed by atoms with van der Waals surface area (Å²) in [5.74, 6) is 0.429. The highest BCUT2D eigenvalue weighted by molar-refractivity contribution is 5.75. The number of likely N-dealkylation sites (tertiary alicyclic amines) is 2. The molecule has 0 aromatic carbocycles. The predicted molar refractivity (Wildman–Crippen MR) is 62.2 cm³/mol. The van der Waals surface area contributed by atoms with Gasteiger partial charge in [0.2, 0.25) is 0 Å². The fourth-order valence-electron chi connectivity index (χ4n) is 2.79. The summed E-state index contributed by atoms with van der Waals surface area (Å²) >= 11 is 0. The van der Waals surface area contributed by atoms with Crippen LogP contribution in [0.3, 0.4) is 0 Å². The molecule has 0 saturated carbocycles. The molecule has 2 aliphatic heterocycles. The van der Waals surface area contributed by atoms with E-state index in [1.807, 2.05) is 9.80 Å². The number of piperidine rings is 1. The molecule has 0 aromatic rings. The van der Waals surface area contributed by atoms with Crippen LogP contribution in [-0.2, 0) is 0 Å². The summed E-state index contributed by atoms with van der Waals surface area (Å²) in [6, 6.07) is 0.178. The van der Waals surface area contributed by atoms with Crippen molar-refractivity contribution in [3.05, 3.63) is 0 Å². The first-order valence-corrected chi connectivity index (χ1v) is 6.40. The Hall–Kier alpha value is -0.770. The molecule has 2 rings (SSSR count). The lowest BCUT2D eigenvalue weighted by atomic mass is 10.0. The average Bonchev–Trinajstić information content (AvgIpc) is 2.70. The summed E-state index contributed by atoms with van der Waals surface area (Å²) < 4.78 is 0. The van der Waals surface area contributed by atoms with Crippen LogP contribution in [0.5, 0.6) is 0 Å². The lowest BCUT2D eigenvalue weighted by molar-refractivity contribution is 0.111. The third-order valence-corrected chi connectivity index (χ3v) is 3.94. The number of hydrogen-bond donors (Lipinski definition) is 1. The van der Waals surface area contributed by atoms with Gasteiger partial charge in [-0.05, 0) is 31.6 Å². The number of nitrogens with zero attached hydrogens (tertiary/aromatic N) is 2. The van der Waals surface area contributed by atoms with Crippen molar-refractivity contribution < 1.29 is 9.90 Å². The Labute approximate surface area is 97.2 Å². The van der Waals surface area contributed by atoms with Crippen molar-refractivity contribution in [2.45, 2.75) is 38.6 Å². The smallest absolute Gasteiger partial charge is 0.320 e. The monoisotopic (exact) mass is 226 g/mol. The predicted octanol–water partition coefficient (Wildman–Crippen LogP) is 1.30. The maximum absolute atomic E-state index is 12.3. The Balaban J connectivity index is 1.97. The fourth-order valence-corrected chi connectivity index (χ4v) is 2.79. The molecule has 1 N–H and O–H groups in total. The minimum Gasteiger partial charge on any atom is -0.394 e. The molecule has 2 amide bonds. The van der Waals surface area contributed by atoms with Crippen LogP contribution in [0.2, 0.25) is 0 Å². The van der Waals surface area contributed by atoms with E-state index in [1.54, 1.807) is 0 Å². The number of carbonyl (C=O) groups excluding carboxylic acids is 1. The zero-order valence-corrected chi connectivity index (χ0v) is 10.1. The molecule has 2 unspecified atom stereocenters. The molecule has 92 valence electrons. The van der Waals surface area contributed by atoms with Gasteiger partial charge in [-0.1, -0.05) is 6.92 Å². The highest BCUT2D eigenvalue weighted by atomic mass is 16.3. The number of hydrogen-bond acceptors (Lipinski definition) is 2. The fraction of sp³-hybridized carbons (Fsp3) is 0.917. The Morgan fingerprint density at radius 1 is 1.25 bits per heavy atom. The van der Waals surface area contributed by atoms with Crippen LogP contribution in [-0.4, -0.2) is 53.2 Å². The van der Waals surface area contributed by atoms with E-state index in [-0.39, 0.29) is 18.7 Å². The molecule has 4 heteroatoms. The van der Waals surface area contributed by atoms with E-state index in [0.717, 1.165) is 38.9 Å². The minimum atomic E-state index is 0.0365. The largest absolute Gasteiger partial charge is 0.394 e. The molecule has 0 aromatic heterocycles. The zero-order chi connectivity index (χ0) is 11.5. The van der Waals surface area contributed by atoms with Gasteiger partial charge in [-0.25, -0.2) is 4.79 Å². The van der Waals surface area contributed by atoms with Gasteiger partial charge < -0.3 is 14.9 Å². The topological polar surface area (TPSA) is 43.8 Å². The van der Waals surface area contributed by atoms with Gasteiger partial charge in [-0.2, -0.15) is 0 Å².